The van der Waals surface area contributed by atoms with Gasteiger partial charge in [-0.2, -0.15) is 15.0 Å². The zero-order chi connectivity index (χ0) is 14.5. The van der Waals surface area contributed by atoms with Crippen molar-refractivity contribution in [1.82, 2.24) is 15.0 Å². The number of rotatable bonds is 5. The van der Waals surface area contributed by atoms with Crippen molar-refractivity contribution in [3.8, 4) is 0 Å². The van der Waals surface area contributed by atoms with Gasteiger partial charge in [0.2, 0.25) is 17.8 Å². The monoisotopic (exact) mass is 272 g/mol. The molecule has 0 amide bonds. The zero-order valence-electron chi connectivity index (χ0n) is 12.3. The molecule has 1 aromatic carbocycles. The van der Waals surface area contributed by atoms with E-state index < -0.39 is 0 Å². The minimum Gasteiger partial charge on any atom is -0.357 e. The van der Waals surface area contributed by atoms with Gasteiger partial charge in [0.1, 0.15) is 0 Å². The van der Waals surface area contributed by atoms with E-state index in [1.807, 2.05) is 37.2 Å². The fourth-order valence-corrected chi connectivity index (χ4v) is 1.76. The summed E-state index contributed by atoms with van der Waals surface area (Å²) in [6.45, 7) is 2.08. The largest absolute Gasteiger partial charge is 0.357 e. The molecule has 0 fully saturated rings. The third-order valence-electron chi connectivity index (χ3n) is 2.89. The van der Waals surface area contributed by atoms with Crippen LogP contribution in [0.15, 0.2) is 30.3 Å². The van der Waals surface area contributed by atoms with Gasteiger partial charge in [0.25, 0.3) is 0 Å². The summed E-state index contributed by atoms with van der Waals surface area (Å²) in [4.78, 5) is 14.9. The molecule has 0 bridgehead atoms. The molecule has 106 valence electrons. The molecule has 0 saturated heterocycles. The average molecular weight is 272 g/mol. The van der Waals surface area contributed by atoms with Crippen molar-refractivity contribution in [2.45, 2.75) is 13.0 Å². The van der Waals surface area contributed by atoms with Gasteiger partial charge < -0.3 is 15.5 Å². The SMILES string of the molecule is CNc1nc(NC(C)c2ccccc2)nc(N(C)C)n1. The molecular weight excluding hydrogens is 252 g/mol. The van der Waals surface area contributed by atoms with Gasteiger partial charge in [-0.3, -0.25) is 0 Å². The van der Waals surface area contributed by atoms with Gasteiger partial charge in [-0.25, -0.2) is 0 Å². The smallest absolute Gasteiger partial charge is 0.231 e. The number of nitrogens with zero attached hydrogens (tertiary/aromatic N) is 4. The highest BCUT2D eigenvalue weighted by Crippen LogP contribution is 2.18. The van der Waals surface area contributed by atoms with E-state index in [1.165, 1.54) is 5.56 Å². The normalized spacial score (nSPS) is 11.8. The van der Waals surface area contributed by atoms with Crippen molar-refractivity contribution in [3.63, 3.8) is 0 Å². The third-order valence-corrected chi connectivity index (χ3v) is 2.89. The Morgan fingerprint density at radius 3 is 2.25 bits per heavy atom. The van der Waals surface area contributed by atoms with E-state index in [0.717, 1.165) is 0 Å². The Morgan fingerprint density at radius 1 is 1.00 bits per heavy atom. The van der Waals surface area contributed by atoms with Crippen molar-refractivity contribution in [2.24, 2.45) is 0 Å². The molecule has 2 aromatic rings. The molecule has 0 spiro atoms. The second-order valence-electron chi connectivity index (χ2n) is 4.70. The van der Waals surface area contributed by atoms with Crippen molar-refractivity contribution in [1.29, 1.82) is 0 Å². The Labute approximate surface area is 119 Å². The molecule has 1 atom stereocenters. The molecule has 6 heteroatoms. The zero-order valence-corrected chi connectivity index (χ0v) is 12.3. The predicted octanol–water partition coefficient (Wildman–Crippen LogP) is 2.15. The lowest BCUT2D eigenvalue weighted by Gasteiger charge is -2.17. The fraction of sp³-hybridized carbons (Fsp3) is 0.357. The van der Waals surface area contributed by atoms with Crippen LogP contribution >= 0.6 is 0 Å². The second-order valence-corrected chi connectivity index (χ2v) is 4.70. The van der Waals surface area contributed by atoms with Crippen molar-refractivity contribution in [2.75, 3.05) is 36.7 Å². The lowest BCUT2D eigenvalue weighted by atomic mass is 10.1. The quantitative estimate of drug-likeness (QED) is 0.869. The Kier molecular flexibility index (Phi) is 4.34. The number of hydrogen-bond donors (Lipinski definition) is 2. The van der Waals surface area contributed by atoms with E-state index in [2.05, 4.69) is 44.6 Å². The highest BCUT2D eigenvalue weighted by atomic mass is 15.3. The first-order valence-corrected chi connectivity index (χ1v) is 6.53. The van der Waals surface area contributed by atoms with Crippen molar-refractivity contribution < 1.29 is 0 Å². The molecule has 0 aliphatic carbocycles. The summed E-state index contributed by atoms with van der Waals surface area (Å²) in [5.41, 5.74) is 1.19. The van der Waals surface area contributed by atoms with Crippen LogP contribution in [0.25, 0.3) is 0 Å². The first-order valence-electron chi connectivity index (χ1n) is 6.53. The molecule has 1 heterocycles. The summed E-state index contributed by atoms with van der Waals surface area (Å²) >= 11 is 0. The molecule has 0 saturated carbocycles. The first kappa shape index (κ1) is 14.0. The summed E-state index contributed by atoms with van der Waals surface area (Å²) in [5.74, 6) is 1.72. The highest BCUT2D eigenvalue weighted by molar-refractivity contribution is 5.43. The number of aromatic nitrogens is 3. The lowest BCUT2D eigenvalue weighted by Crippen LogP contribution is -2.17. The summed E-state index contributed by atoms with van der Waals surface area (Å²) in [7, 11) is 5.59. The molecule has 1 unspecified atom stereocenters. The molecule has 2 N–H and O–H groups in total. The summed E-state index contributed by atoms with van der Waals surface area (Å²) < 4.78 is 0. The van der Waals surface area contributed by atoms with Crippen LogP contribution in [-0.4, -0.2) is 36.1 Å². The second kappa shape index (κ2) is 6.18. The minimum absolute atomic E-state index is 0.123. The number of hydrogen-bond acceptors (Lipinski definition) is 6. The maximum atomic E-state index is 4.40. The Hall–Kier alpha value is -2.37. The van der Waals surface area contributed by atoms with Crippen molar-refractivity contribution in [3.05, 3.63) is 35.9 Å². The predicted molar refractivity (Wildman–Crippen MR) is 82.2 cm³/mol. The van der Waals surface area contributed by atoms with Gasteiger partial charge >= 0.3 is 0 Å². The standard InChI is InChI=1S/C14H20N6/c1-10(11-8-6-5-7-9-11)16-13-17-12(15-2)18-14(19-13)20(3)4/h5-10H,1-4H3,(H2,15,16,17,18,19). The van der Waals surface area contributed by atoms with E-state index in [9.17, 15) is 0 Å². The van der Waals surface area contributed by atoms with Gasteiger partial charge in [-0.1, -0.05) is 30.3 Å². The fourth-order valence-electron chi connectivity index (χ4n) is 1.76. The first-order chi connectivity index (χ1) is 9.60. The molecule has 2 rings (SSSR count). The van der Waals surface area contributed by atoms with Gasteiger partial charge in [0, 0.05) is 21.1 Å². The number of nitrogens with one attached hydrogen (secondary N) is 2. The maximum Gasteiger partial charge on any atom is 0.231 e. The molecule has 6 nitrogen and oxygen atoms in total. The van der Waals surface area contributed by atoms with Crippen LogP contribution in [0.4, 0.5) is 17.8 Å². The topological polar surface area (TPSA) is 66.0 Å². The van der Waals surface area contributed by atoms with Crippen LogP contribution in [0.1, 0.15) is 18.5 Å². The van der Waals surface area contributed by atoms with Crippen LogP contribution in [0.3, 0.4) is 0 Å². The van der Waals surface area contributed by atoms with E-state index in [4.69, 9.17) is 0 Å². The molecule has 1 aromatic heterocycles. The molecular formula is C14H20N6. The van der Waals surface area contributed by atoms with Crippen LogP contribution in [0, 0.1) is 0 Å². The average Bonchev–Trinajstić information content (AvgIpc) is 2.47. The van der Waals surface area contributed by atoms with Crippen LogP contribution < -0.4 is 15.5 Å². The van der Waals surface area contributed by atoms with Crippen LogP contribution in [0.5, 0.6) is 0 Å². The summed E-state index contributed by atoms with van der Waals surface area (Å²) in [5, 5.41) is 6.25. The van der Waals surface area contributed by atoms with Gasteiger partial charge in [0.15, 0.2) is 0 Å². The van der Waals surface area contributed by atoms with Gasteiger partial charge in [0.05, 0.1) is 6.04 Å². The summed E-state index contributed by atoms with van der Waals surface area (Å²) in [6, 6.07) is 10.3. The Balaban J connectivity index is 2.22. The van der Waals surface area contributed by atoms with Crippen LogP contribution in [-0.2, 0) is 0 Å². The third kappa shape index (κ3) is 3.34. The number of benzene rings is 1. The molecule has 0 aliphatic heterocycles. The van der Waals surface area contributed by atoms with Gasteiger partial charge in [-0.15, -0.1) is 0 Å². The van der Waals surface area contributed by atoms with Crippen molar-refractivity contribution >= 4 is 17.8 Å². The van der Waals surface area contributed by atoms with E-state index >= 15 is 0 Å². The van der Waals surface area contributed by atoms with E-state index in [-0.39, 0.29) is 6.04 Å². The summed E-state index contributed by atoms with van der Waals surface area (Å²) in [6.07, 6.45) is 0. The number of anilines is 3. The van der Waals surface area contributed by atoms with E-state index in [0.29, 0.717) is 17.8 Å². The highest BCUT2D eigenvalue weighted by Gasteiger charge is 2.10. The Bertz CT molecular complexity index is 555. The molecule has 0 radical (unpaired) electrons. The Morgan fingerprint density at radius 2 is 1.65 bits per heavy atom. The maximum absolute atomic E-state index is 4.40. The molecule has 20 heavy (non-hydrogen) atoms. The van der Waals surface area contributed by atoms with Gasteiger partial charge in [-0.05, 0) is 12.5 Å². The molecule has 0 aliphatic rings. The van der Waals surface area contributed by atoms with E-state index in [1.54, 1.807) is 7.05 Å². The van der Waals surface area contributed by atoms with Crippen LogP contribution in [0.2, 0.25) is 0 Å². The lowest BCUT2D eigenvalue weighted by molar-refractivity contribution is 0.848. The minimum atomic E-state index is 0.123.